The number of nitrogen functional groups attached to an aromatic ring is 1. The second kappa shape index (κ2) is 4.81. The molecule has 0 spiro atoms. The van der Waals surface area contributed by atoms with Crippen LogP contribution in [0, 0.1) is 0 Å². The van der Waals surface area contributed by atoms with Crippen molar-refractivity contribution in [2.45, 2.75) is 6.42 Å². The molecule has 2 rings (SSSR count). The Morgan fingerprint density at radius 3 is 3.00 bits per heavy atom. The van der Waals surface area contributed by atoms with Crippen LogP contribution >= 0.6 is 0 Å². The molecular formula is C12H15N3O. The Labute approximate surface area is 94.1 Å². The molecule has 0 radical (unpaired) electrons. The number of nitrogens with zero attached hydrogens (tertiary/aromatic N) is 1. The zero-order valence-corrected chi connectivity index (χ0v) is 8.98. The van der Waals surface area contributed by atoms with Gasteiger partial charge in [0.05, 0.1) is 11.2 Å². The maximum Gasteiger partial charge on any atom is 0.0951 e. The van der Waals surface area contributed by atoms with Crippen LogP contribution < -0.4 is 11.1 Å². The van der Waals surface area contributed by atoms with Crippen molar-refractivity contribution in [2.24, 2.45) is 0 Å². The largest absolute Gasteiger partial charge is 0.397 e. The number of nitrogens with one attached hydrogen (secondary N) is 1. The van der Waals surface area contributed by atoms with Crippen LogP contribution in [0.1, 0.15) is 6.42 Å². The summed E-state index contributed by atoms with van der Waals surface area (Å²) in [4.78, 5) is 4.26. The molecule has 0 atom stereocenters. The predicted molar refractivity (Wildman–Crippen MR) is 66.3 cm³/mol. The molecule has 0 bridgehead atoms. The molecule has 2 aromatic rings. The minimum atomic E-state index is 0.193. The van der Waals surface area contributed by atoms with Crippen LogP contribution in [0.25, 0.3) is 10.9 Å². The average Bonchev–Trinajstić information content (AvgIpc) is 2.31. The number of para-hydroxylation sites is 1. The zero-order valence-electron chi connectivity index (χ0n) is 8.98. The summed E-state index contributed by atoms with van der Waals surface area (Å²) in [6.45, 7) is 0.933. The number of fused-ring (bicyclic) bond motifs is 1. The van der Waals surface area contributed by atoms with Crippen LogP contribution in [-0.4, -0.2) is 23.2 Å². The fourth-order valence-electron chi connectivity index (χ4n) is 1.66. The smallest absolute Gasteiger partial charge is 0.0951 e. The second-order valence-electron chi connectivity index (χ2n) is 3.61. The molecule has 84 valence electrons. The molecule has 1 aromatic heterocycles. The van der Waals surface area contributed by atoms with E-state index in [1.165, 1.54) is 0 Å². The summed E-state index contributed by atoms with van der Waals surface area (Å²) in [5.41, 5.74) is 8.35. The second-order valence-corrected chi connectivity index (χ2v) is 3.61. The first kappa shape index (κ1) is 10.7. The quantitative estimate of drug-likeness (QED) is 0.537. The predicted octanol–water partition coefficient (Wildman–Crippen LogP) is 1.61. The van der Waals surface area contributed by atoms with Gasteiger partial charge >= 0.3 is 0 Å². The van der Waals surface area contributed by atoms with Crippen LogP contribution in [0.3, 0.4) is 0 Å². The molecule has 0 aliphatic carbocycles. The van der Waals surface area contributed by atoms with E-state index in [0.29, 0.717) is 5.69 Å². The number of aliphatic hydroxyl groups excluding tert-OH is 1. The third-order valence-electron chi connectivity index (χ3n) is 2.45. The lowest BCUT2D eigenvalue weighted by Gasteiger charge is -2.09. The zero-order chi connectivity index (χ0) is 11.4. The van der Waals surface area contributed by atoms with Gasteiger partial charge in [-0.15, -0.1) is 0 Å². The van der Waals surface area contributed by atoms with Gasteiger partial charge in [0.25, 0.3) is 0 Å². The summed E-state index contributed by atoms with van der Waals surface area (Å²) in [5.74, 6) is 0. The SMILES string of the molecule is Nc1cccc2c(NCCCO)ccnc12. The van der Waals surface area contributed by atoms with Crippen LogP contribution in [0.4, 0.5) is 11.4 Å². The van der Waals surface area contributed by atoms with E-state index in [4.69, 9.17) is 10.8 Å². The lowest BCUT2D eigenvalue weighted by molar-refractivity contribution is 0.292. The van der Waals surface area contributed by atoms with E-state index in [2.05, 4.69) is 10.3 Å². The molecule has 0 saturated heterocycles. The third-order valence-corrected chi connectivity index (χ3v) is 2.45. The lowest BCUT2D eigenvalue weighted by Crippen LogP contribution is -2.04. The van der Waals surface area contributed by atoms with E-state index in [1.54, 1.807) is 6.20 Å². The van der Waals surface area contributed by atoms with Crippen molar-refractivity contribution in [2.75, 3.05) is 24.2 Å². The average molecular weight is 217 g/mol. The van der Waals surface area contributed by atoms with Crippen LogP contribution in [0.5, 0.6) is 0 Å². The molecule has 4 nitrogen and oxygen atoms in total. The number of hydrogen-bond acceptors (Lipinski definition) is 4. The minimum Gasteiger partial charge on any atom is -0.397 e. The van der Waals surface area contributed by atoms with E-state index in [1.807, 2.05) is 24.3 Å². The molecule has 0 fully saturated rings. The molecule has 4 N–H and O–H groups in total. The first-order valence-electron chi connectivity index (χ1n) is 5.31. The molecule has 1 heterocycles. The normalized spacial score (nSPS) is 10.6. The Hall–Kier alpha value is -1.81. The Balaban J connectivity index is 2.34. The summed E-state index contributed by atoms with van der Waals surface area (Å²) in [6.07, 6.45) is 2.46. The van der Waals surface area contributed by atoms with Gasteiger partial charge in [-0.2, -0.15) is 0 Å². The number of hydrogen-bond donors (Lipinski definition) is 3. The van der Waals surface area contributed by atoms with Crippen LogP contribution in [0.15, 0.2) is 30.5 Å². The highest BCUT2D eigenvalue weighted by atomic mass is 16.3. The highest BCUT2D eigenvalue weighted by Gasteiger charge is 2.03. The Bertz CT molecular complexity index is 485. The van der Waals surface area contributed by atoms with Gasteiger partial charge in [-0.25, -0.2) is 0 Å². The number of anilines is 2. The highest BCUT2D eigenvalue weighted by molar-refractivity contribution is 5.97. The van der Waals surface area contributed by atoms with Gasteiger partial charge < -0.3 is 16.2 Å². The van der Waals surface area contributed by atoms with Crippen LogP contribution in [-0.2, 0) is 0 Å². The van der Waals surface area contributed by atoms with E-state index in [-0.39, 0.29) is 6.61 Å². The van der Waals surface area contributed by atoms with Gasteiger partial charge in [0.1, 0.15) is 0 Å². The molecule has 0 amide bonds. The fourth-order valence-corrected chi connectivity index (χ4v) is 1.66. The molecule has 1 aromatic carbocycles. The van der Waals surface area contributed by atoms with Crippen molar-refractivity contribution in [3.05, 3.63) is 30.5 Å². The topological polar surface area (TPSA) is 71.2 Å². The van der Waals surface area contributed by atoms with Crippen molar-refractivity contribution >= 4 is 22.3 Å². The summed E-state index contributed by atoms with van der Waals surface area (Å²) in [6, 6.07) is 7.66. The van der Waals surface area contributed by atoms with E-state index < -0.39 is 0 Å². The number of nitrogens with two attached hydrogens (primary N) is 1. The Kier molecular flexibility index (Phi) is 3.22. The van der Waals surface area contributed by atoms with E-state index >= 15 is 0 Å². The summed E-state index contributed by atoms with van der Waals surface area (Å²) in [5, 5.41) is 13.0. The monoisotopic (exact) mass is 217 g/mol. The number of pyridine rings is 1. The van der Waals surface area contributed by atoms with Crippen molar-refractivity contribution in [3.63, 3.8) is 0 Å². The maximum atomic E-state index is 8.73. The molecule has 0 saturated carbocycles. The maximum absolute atomic E-state index is 8.73. The fraction of sp³-hybridized carbons (Fsp3) is 0.250. The van der Waals surface area contributed by atoms with E-state index in [9.17, 15) is 0 Å². The lowest BCUT2D eigenvalue weighted by atomic mass is 10.1. The number of aromatic nitrogens is 1. The summed E-state index contributed by atoms with van der Waals surface area (Å²) >= 11 is 0. The van der Waals surface area contributed by atoms with Gasteiger partial charge in [-0.3, -0.25) is 4.98 Å². The molecule has 0 aliphatic heterocycles. The number of rotatable bonds is 4. The van der Waals surface area contributed by atoms with Crippen molar-refractivity contribution in [3.8, 4) is 0 Å². The molecular weight excluding hydrogens is 202 g/mol. The van der Waals surface area contributed by atoms with Gasteiger partial charge in [-0.05, 0) is 18.6 Å². The van der Waals surface area contributed by atoms with E-state index in [0.717, 1.165) is 29.6 Å². The summed E-state index contributed by atoms with van der Waals surface area (Å²) < 4.78 is 0. The van der Waals surface area contributed by atoms with Gasteiger partial charge in [-0.1, -0.05) is 12.1 Å². The minimum absolute atomic E-state index is 0.193. The Morgan fingerprint density at radius 1 is 1.31 bits per heavy atom. The van der Waals surface area contributed by atoms with Crippen molar-refractivity contribution < 1.29 is 5.11 Å². The molecule has 0 aliphatic rings. The van der Waals surface area contributed by atoms with Gasteiger partial charge in [0.15, 0.2) is 0 Å². The number of benzene rings is 1. The third kappa shape index (κ3) is 2.06. The molecule has 0 unspecified atom stereocenters. The van der Waals surface area contributed by atoms with Crippen molar-refractivity contribution in [1.82, 2.24) is 4.98 Å². The highest BCUT2D eigenvalue weighted by Crippen LogP contribution is 2.25. The standard InChI is InChI=1S/C12H15N3O/c13-10-4-1-3-9-11(14-6-2-8-16)5-7-15-12(9)10/h1,3-5,7,16H,2,6,8,13H2,(H,14,15). The van der Waals surface area contributed by atoms with Gasteiger partial charge in [0, 0.05) is 30.4 Å². The van der Waals surface area contributed by atoms with Crippen LogP contribution in [0.2, 0.25) is 0 Å². The number of aliphatic hydroxyl groups is 1. The van der Waals surface area contributed by atoms with Gasteiger partial charge in [0.2, 0.25) is 0 Å². The first-order valence-corrected chi connectivity index (χ1v) is 5.31. The first-order chi connectivity index (χ1) is 7.83. The summed E-state index contributed by atoms with van der Waals surface area (Å²) in [7, 11) is 0. The molecule has 16 heavy (non-hydrogen) atoms. The molecule has 4 heteroatoms. The Morgan fingerprint density at radius 2 is 2.19 bits per heavy atom. The van der Waals surface area contributed by atoms with Crippen molar-refractivity contribution in [1.29, 1.82) is 0 Å².